The molecule has 1 unspecified atom stereocenters. The van der Waals surface area contributed by atoms with E-state index in [0.717, 1.165) is 11.3 Å². The van der Waals surface area contributed by atoms with Gasteiger partial charge in [0, 0.05) is 19.4 Å². The summed E-state index contributed by atoms with van der Waals surface area (Å²) in [7, 11) is 3.48. The molecule has 2 aromatic heterocycles. The molecule has 2 rings (SSSR count). The number of hydrazine groups is 1. The lowest BCUT2D eigenvalue weighted by Gasteiger charge is -2.16. The summed E-state index contributed by atoms with van der Waals surface area (Å²) < 4.78 is 6.91. The molecule has 0 amide bonds. The van der Waals surface area contributed by atoms with Crippen LogP contribution in [-0.4, -0.2) is 21.9 Å². The van der Waals surface area contributed by atoms with Crippen LogP contribution >= 0.6 is 0 Å². The van der Waals surface area contributed by atoms with Gasteiger partial charge in [-0.15, -0.1) is 0 Å². The number of hydrogen-bond acceptors (Lipinski definition) is 5. The molecule has 1 atom stereocenters. The van der Waals surface area contributed by atoms with Crippen molar-refractivity contribution in [3.63, 3.8) is 0 Å². The van der Waals surface area contributed by atoms with Crippen molar-refractivity contribution in [3.05, 3.63) is 42.0 Å². The minimum Gasteiger partial charge on any atom is -0.495 e. The third-order valence-corrected chi connectivity index (χ3v) is 2.62. The minimum atomic E-state index is -0.162. The molecule has 0 spiro atoms. The van der Waals surface area contributed by atoms with Gasteiger partial charge in [-0.1, -0.05) is 0 Å². The summed E-state index contributed by atoms with van der Waals surface area (Å²) in [4.78, 5) is 4.11. The van der Waals surface area contributed by atoms with Crippen molar-refractivity contribution < 1.29 is 4.74 Å². The maximum atomic E-state index is 5.60. The zero-order valence-electron chi connectivity index (χ0n) is 9.79. The maximum Gasteiger partial charge on any atom is 0.137 e. The van der Waals surface area contributed by atoms with E-state index in [-0.39, 0.29) is 6.04 Å². The second-order valence-electron chi connectivity index (χ2n) is 3.64. The molecule has 0 bridgehead atoms. The SMILES string of the molecule is COc1cncc(C(NN)c2ccnn2C)c1. The molecule has 0 aliphatic heterocycles. The van der Waals surface area contributed by atoms with Crippen molar-refractivity contribution >= 4 is 0 Å². The lowest BCUT2D eigenvalue weighted by atomic mass is 10.1. The first-order valence-corrected chi connectivity index (χ1v) is 5.19. The van der Waals surface area contributed by atoms with Gasteiger partial charge in [-0.3, -0.25) is 15.5 Å². The van der Waals surface area contributed by atoms with Crippen molar-refractivity contribution in [2.75, 3.05) is 7.11 Å². The number of pyridine rings is 1. The summed E-state index contributed by atoms with van der Waals surface area (Å²) in [6, 6.07) is 3.64. The van der Waals surface area contributed by atoms with E-state index in [4.69, 9.17) is 10.6 Å². The number of methoxy groups -OCH3 is 1. The van der Waals surface area contributed by atoms with Crippen molar-refractivity contribution in [1.29, 1.82) is 0 Å². The summed E-state index contributed by atoms with van der Waals surface area (Å²) >= 11 is 0. The van der Waals surface area contributed by atoms with E-state index in [0.29, 0.717) is 5.75 Å². The van der Waals surface area contributed by atoms with Crippen molar-refractivity contribution in [3.8, 4) is 5.75 Å². The molecular formula is C11H15N5O. The Balaban J connectivity index is 2.38. The first-order valence-electron chi connectivity index (χ1n) is 5.19. The van der Waals surface area contributed by atoms with Crippen LogP contribution in [-0.2, 0) is 7.05 Å². The third kappa shape index (κ3) is 2.27. The van der Waals surface area contributed by atoms with Crippen LogP contribution < -0.4 is 16.0 Å². The predicted octanol–water partition coefficient (Wildman–Crippen LogP) is 0.376. The Morgan fingerprint density at radius 3 is 2.88 bits per heavy atom. The average molecular weight is 233 g/mol. The highest BCUT2D eigenvalue weighted by atomic mass is 16.5. The fraction of sp³-hybridized carbons (Fsp3) is 0.273. The largest absolute Gasteiger partial charge is 0.495 e. The number of nitrogens with zero attached hydrogens (tertiary/aromatic N) is 3. The third-order valence-electron chi connectivity index (χ3n) is 2.62. The van der Waals surface area contributed by atoms with Crippen LogP contribution in [0.5, 0.6) is 5.75 Å². The fourth-order valence-electron chi connectivity index (χ4n) is 1.72. The van der Waals surface area contributed by atoms with Gasteiger partial charge in [-0.2, -0.15) is 5.10 Å². The monoisotopic (exact) mass is 233 g/mol. The summed E-state index contributed by atoms with van der Waals surface area (Å²) in [5.41, 5.74) is 4.64. The van der Waals surface area contributed by atoms with Crippen LogP contribution in [0.25, 0.3) is 0 Å². The number of rotatable bonds is 4. The van der Waals surface area contributed by atoms with Gasteiger partial charge < -0.3 is 4.74 Å². The van der Waals surface area contributed by atoms with E-state index >= 15 is 0 Å². The van der Waals surface area contributed by atoms with Crippen LogP contribution in [0.15, 0.2) is 30.7 Å². The molecule has 0 aliphatic carbocycles. The van der Waals surface area contributed by atoms with Crippen LogP contribution in [0.1, 0.15) is 17.3 Å². The van der Waals surface area contributed by atoms with E-state index in [1.54, 1.807) is 30.4 Å². The molecule has 0 aliphatic rings. The summed E-state index contributed by atoms with van der Waals surface area (Å²) in [6.07, 6.45) is 5.13. The van der Waals surface area contributed by atoms with Crippen molar-refractivity contribution in [2.45, 2.75) is 6.04 Å². The van der Waals surface area contributed by atoms with Gasteiger partial charge in [0.05, 0.1) is 25.0 Å². The van der Waals surface area contributed by atoms with Gasteiger partial charge in [0.2, 0.25) is 0 Å². The molecule has 90 valence electrons. The van der Waals surface area contributed by atoms with Gasteiger partial charge in [0.1, 0.15) is 5.75 Å². The molecule has 0 radical (unpaired) electrons. The van der Waals surface area contributed by atoms with Crippen LogP contribution in [0, 0.1) is 0 Å². The standard InChI is InChI=1S/C11H15N5O/c1-16-10(3-4-14-16)11(15-12)8-5-9(17-2)7-13-6-8/h3-7,11,15H,12H2,1-2H3. The molecule has 17 heavy (non-hydrogen) atoms. The van der Waals surface area contributed by atoms with Gasteiger partial charge in [-0.25, -0.2) is 5.43 Å². The second-order valence-corrected chi connectivity index (χ2v) is 3.64. The smallest absolute Gasteiger partial charge is 0.137 e. The Hall–Kier alpha value is -1.92. The first-order chi connectivity index (χ1) is 8.26. The highest BCUT2D eigenvalue weighted by molar-refractivity contribution is 5.30. The van der Waals surface area contributed by atoms with Gasteiger partial charge in [0.15, 0.2) is 0 Å². The van der Waals surface area contributed by atoms with E-state index in [1.807, 2.05) is 19.2 Å². The molecule has 6 nitrogen and oxygen atoms in total. The van der Waals surface area contributed by atoms with Crippen LogP contribution in [0.3, 0.4) is 0 Å². The van der Waals surface area contributed by atoms with Gasteiger partial charge in [-0.05, 0) is 17.7 Å². The first kappa shape index (κ1) is 11.6. The predicted molar refractivity (Wildman–Crippen MR) is 63.2 cm³/mol. The summed E-state index contributed by atoms with van der Waals surface area (Å²) in [5, 5.41) is 4.12. The van der Waals surface area contributed by atoms with E-state index in [9.17, 15) is 0 Å². The Kier molecular flexibility index (Phi) is 3.36. The fourth-order valence-corrected chi connectivity index (χ4v) is 1.72. The molecule has 6 heteroatoms. The Bertz CT molecular complexity index is 496. The second kappa shape index (κ2) is 4.94. The lowest BCUT2D eigenvalue weighted by Crippen LogP contribution is -2.30. The highest BCUT2D eigenvalue weighted by Crippen LogP contribution is 2.22. The topological polar surface area (TPSA) is 78.0 Å². The molecule has 2 heterocycles. The maximum absolute atomic E-state index is 5.60. The summed E-state index contributed by atoms with van der Waals surface area (Å²) in [5.74, 6) is 6.30. The van der Waals surface area contributed by atoms with Crippen LogP contribution in [0.2, 0.25) is 0 Å². The van der Waals surface area contributed by atoms with Gasteiger partial charge >= 0.3 is 0 Å². The molecule has 0 saturated carbocycles. The van der Waals surface area contributed by atoms with E-state index in [2.05, 4.69) is 15.5 Å². The van der Waals surface area contributed by atoms with E-state index in [1.165, 1.54) is 0 Å². The quantitative estimate of drug-likeness (QED) is 0.589. The number of hydrogen-bond donors (Lipinski definition) is 2. The van der Waals surface area contributed by atoms with Gasteiger partial charge in [0.25, 0.3) is 0 Å². The minimum absolute atomic E-state index is 0.162. The number of ether oxygens (including phenoxy) is 1. The number of nitrogens with two attached hydrogens (primary N) is 1. The average Bonchev–Trinajstić information content (AvgIpc) is 2.77. The molecule has 2 aromatic rings. The number of aromatic nitrogens is 3. The number of nitrogens with one attached hydrogen (secondary N) is 1. The molecular weight excluding hydrogens is 218 g/mol. The van der Waals surface area contributed by atoms with E-state index < -0.39 is 0 Å². The van der Waals surface area contributed by atoms with Crippen LogP contribution in [0.4, 0.5) is 0 Å². The molecule has 0 aromatic carbocycles. The van der Waals surface area contributed by atoms with Crippen molar-refractivity contribution in [2.24, 2.45) is 12.9 Å². The van der Waals surface area contributed by atoms with Crippen molar-refractivity contribution in [1.82, 2.24) is 20.2 Å². The zero-order valence-corrected chi connectivity index (χ0v) is 9.79. The Morgan fingerprint density at radius 1 is 1.47 bits per heavy atom. The highest BCUT2D eigenvalue weighted by Gasteiger charge is 2.16. The Labute approximate surface area is 99.4 Å². The normalized spacial score (nSPS) is 12.4. The number of aryl methyl sites for hydroxylation is 1. The Morgan fingerprint density at radius 2 is 2.29 bits per heavy atom. The molecule has 0 saturated heterocycles. The molecule has 0 fully saturated rings. The lowest BCUT2D eigenvalue weighted by molar-refractivity contribution is 0.411. The zero-order chi connectivity index (χ0) is 12.3. The summed E-state index contributed by atoms with van der Waals surface area (Å²) in [6.45, 7) is 0. The molecule has 3 N–H and O–H groups in total.